The highest BCUT2D eigenvalue weighted by Crippen LogP contribution is 2.30. The lowest BCUT2D eigenvalue weighted by atomic mass is 10.2. The molecule has 1 aromatic rings. The predicted molar refractivity (Wildman–Crippen MR) is 60.3 cm³/mol. The summed E-state index contributed by atoms with van der Waals surface area (Å²) in [5.74, 6) is -0.996. The van der Waals surface area contributed by atoms with Gasteiger partial charge in [-0.3, -0.25) is 0 Å². The van der Waals surface area contributed by atoms with E-state index in [1.807, 2.05) is 6.92 Å². The average Bonchev–Trinajstić information content (AvgIpc) is 2.09. The van der Waals surface area contributed by atoms with E-state index in [1.54, 1.807) is 6.07 Å². The summed E-state index contributed by atoms with van der Waals surface area (Å²) in [6.07, 6.45) is 0. The van der Waals surface area contributed by atoms with Gasteiger partial charge in [0.2, 0.25) is 0 Å². The van der Waals surface area contributed by atoms with Crippen molar-refractivity contribution in [2.75, 3.05) is 11.9 Å². The SMILES string of the molecule is CCNc1c(Br)cc(Cl)cc1C(=O)O. The molecule has 1 aromatic carbocycles. The molecule has 76 valence electrons. The minimum Gasteiger partial charge on any atom is -0.478 e. The van der Waals surface area contributed by atoms with Crippen LogP contribution >= 0.6 is 27.5 Å². The summed E-state index contributed by atoms with van der Waals surface area (Å²) in [7, 11) is 0. The van der Waals surface area contributed by atoms with E-state index in [-0.39, 0.29) is 5.56 Å². The van der Waals surface area contributed by atoms with Crippen LogP contribution in [0.2, 0.25) is 5.02 Å². The molecule has 5 heteroatoms. The van der Waals surface area contributed by atoms with Gasteiger partial charge in [-0.15, -0.1) is 0 Å². The molecule has 0 aliphatic heterocycles. The Labute approximate surface area is 95.2 Å². The first kappa shape index (κ1) is 11.3. The van der Waals surface area contributed by atoms with Crippen molar-refractivity contribution in [2.45, 2.75) is 6.92 Å². The lowest BCUT2D eigenvalue weighted by molar-refractivity contribution is 0.0698. The van der Waals surface area contributed by atoms with E-state index in [9.17, 15) is 4.79 Å². The summed E-state index contributed by atoms with van der Waals surface area (Å²) < 4.78 is 0.657. The molecule has 0 saturated carbocycles. The van der Waals surface area contributed by atoms with E-state index in [0.717, 1.165) is 0 Å². The van der Waals surface area contributed by atoms with Crippen LogP contribution in [0, 0.1) is 0 Å². The summed E-state index contributed by atoms with van der Waals surface area (Å²) >= 11 is 9.00. The number of hydrogen-bond donors (Lipinski definition) is 2. The number of rotatable bonds is 3. The number of aromatic carboxylic acids is 1. The van der Waals surface area contributed by atoms with E-state index < -0.39 is 5.97 Å². The van der Waals surface area contributed by atoms with Crippen LogP contribution < -0.4 is 5.32 Å². The smallest absolute Gasteiger partial charge is 0.337 e. The zero-order valence-electron chi connectivity index (χ0n) is 7.47. The van der Waals surface area contributed by atoms with Crippen LogP contribution in [0.1, 0.15) is 17.3 Å². The van der Waals surface area contributed by atoms with Gasteiger partial charge in [0.1, 0.15) is 0 Å². The Kier molecular flexibility index (Phi) is 3.77. The Bertz CT molecular complexity index is 368. The fourth-order valence-corrected chi connectivity index (χ4v) is 2.05. The Morgan fingerprint density at radius 2 is 2.29 bits per heavy atom. The molecule has 0 saturated heterocycles. The molecule has 14 heavy (non-hydrogen) atoms. The number of carbonyl (C=O) groups is 1. The van der Waals surface area contributed by atoms with E-state index in [0.29, 0.717) is 21.7 Å². The quantitative estimate of drug-likeness (QED) is 0.892. The van der Waals surface area contributed by atoms with Crippen LogP contribution in [0.15, 0.2) is 16.6 Å². The Hall–Kier alpha value is -0.740. The van der Waals surface area contributed by atoms with Crippen molar-refractivity contribution in [3.05, 3.63) is 27.2 Å². The molecular weight excluding hydrogens is 269 g/mol. The number of hydrogen-bond acceptors (Lipinski definition) is 2. The third-order valence-electron chi connectivity index (χ3n) is 1.64. The van der Waals surface area contributed by atoms with Gasteiger partial charge in [0, 0.05) is 16.0 Å². The van der Waals surface area contributed by atoms with Gasteiger partial charge >= 0.3 is 5.97 Å². The minimum absolute atomic E-state index is 0.172. The highest BCUT2D eigenvalue weighted by molar-refractivity contribution is 9.10. The van der Waals surface area contributed by atoms with Crippen molar-refractivity contribution in [2.24, 2.45) is 0 Å². The maximum Gasteiger partial charge on any atom is 0.337 e. The molecule has 0 radical (unpaired) electrons. The standard InChI is InChI=1S/C9H9BrClNO2/c1-2-12-8-6(9(13)14)3-5(11)4-7(8)10/h3-4,12H,2H2,1H3,(H,13,14). The third-order valence-corrected chi connectivity index (χ3v) is 2.48. The second kappa shape index (κ2) is 4.66. The van der Waals surface area contributed by atoms with Gasteiger partial charge in [-0.25, -0.2) is 4.79 Å². The molecule has 0 unspecified atom stereocenters. The van der Waals surface area contributed by atoms with Gasteiger partial charge < -0.3 is 10.4 Å². The summed E-state index contributed by atoms with van der Waals surface area (Å²) in [6.45, 7) is 2.55. The number of nitrogens with one attached hydrogen (secondary N) is 1. The lowest BCUT2D eigenvalue weighted by Gasteiger charge is -2.10. The Morgan fingerprint density at radius 3 is 2.79 bits per heavy atom. The Morgan fingerprint density at radius 1 is 1.64 bits per heavy atom. The summed E-state index contributed by atoms with van der Waals surface area (Å²) in [6, 6.07) is 3.08. The summed E-state index contributed by atoms with van der Waals surface area (Å²) in [4.78, 5) is 10.9. The maximum absolute atomic E-state index is 10.9. The van der Waals surface area contributed by atoms with Crippen LogP contribution in [0.3, 0.4) is 0 Å². The van der Waals surface area contributed by atoms with Crippen LogP contribution in [-0.2, 0) is 0 Å². The van der Waals surface area contributed by atoms with Crippen LogP contribution in [-0.4, -0.2) is 17.6 Å². The van der Waals surface area contributed by atoms with Gasteiger partial charge in [0.15, 0.2) is 0 Å². The molecule has 0 heterocycles. The van der Waals surface area contributed by atoms with Crippen molar-refractivity contribution in [3.8, 4) is 0 Å². The molecule has 0 amide bonds. The van der Waals surface area contributed by atoms with Crippen molar-refractivity contribution < 1.29 is 9.90 Å². The molecule has 0 atom stereocenters. The molecule has 0 bridgehead atoms. The molecule has 0 aliphatic rings. The number of benzene rings is 1. The summed E-state index contributed by atoms with van der Waals surface area (Å²) in [5.41, 5.74) is 0.732. The third kappa shape index (κ3) is 2.39. The normalized spacial score (nSPS) is 9.93. The predicted octanol–water partition coefficient (Wildman–Crippen LogP) is 3.23. The fraction of sp³-hybridized carbons (Fsp3) is 0.222. The van der Waals surface area contributed by atoms with Gasteiger partial charge in [-0.1, -0.05) is 11.6 Å². The van der Waals surface area contributed by atoms with Crippen molar-refractivity contribution >= 4 is 39.2 Å². The summed E-state index contributed by atoms with van der Waals surface area (Å²) in [5, 5.41) is 12.3. The first-order chi connectivity index (χ1) is 6.56. The van der Waals surface area contributed by atoms with Gasteiger partial charge in [-0.05, 0) is 35.0 Å². The zero-order valence-corrected chi connectivity index (χ0v) is 9.82. The number of carboxylic acid groups (broad SMARTS) is 1. The van der Waals surface area contributed by atoms with Crippen molar-refractivity contribution in [1.29, 1.82) is 0 Å². The van der Waals surface area contributed by atoms with Crippen LogP contribution in [0.4, 0.5) is 5.69 Å². The highest BCUT2D eigenvalue weighted by Gasteiger charge is 2.13. The molecule has 0 aromatic heterocycles. The first-order valence-electron chi connectivity index (χ1n) is 4.02. The fourth-order valence-electron chi connectivity index (χ4n) is 1.10. The second-order valence-corrected chi connectivity index (χ2v) is 3.94. The number of carboxylic acids is 1. The molecule has 0 aliphatic carbocycles. The first-order valence-corrected chi connectivity index (χ1v) is 5.19. The van der Waals surface area contributed by atoms with Crippen molar-refractivity contribution in [1.82, 2.24) is 0 Å². The topological polar surface area (TPSA) is 49.3 Å². The lowest BCUT2D eigenvalue weighted by Crippen LogP contribution is -2.06. The van der Waals surface area contributed by atoms with Gasteiger partial charge in [0.05, 0.1) is 11.3 Å². The van der Waals surface area contributed by atoms with Gasteiger partial charge in [0.25, 0.3) is 0 Å². The molecule has 0 fully saturated rings. The van der Waals surface area contributed by atoms with E-state index in [1.165, 1.54) is 6.07 Å². The van der Waals surface area contributed by atoms with E-state index >= 15 is 0 Å². The van der Waals surface area contributed by atoms with E-state index in [2.05, 4.69) is 21.2 Å². The molecule has 3 nitrogen and oxygen atoms in total. The van der Waals surface area contributed by atoms with Crippen molar-refractivity contribution in [3.63, 3.8) is 0 Å². The van der Waals surface area contributed by atoms with Gasteiger partial charge in [-0.2, -0.15) is 0 Å². The molecule has 2 N–H and O–H groups in total. The number of halogens is 2. The molecule has 1 rings (SSSR count). The van der Waals surface area contributed by atoms with Crippen LogP contribution in [0.5, 0.6) is 0 Å². The molecular formula is C9H9BrClNO2. The minimum atomic E-state index is -0.996. The second-order valence-electron chi connectivity index (χ2n) is 2.65. The Balaban J connectivity index is 3.28. The maximum atomic E-state index is 10.9. The zero-order chi connectivity index (χ0) is 10.7. The number of anilines is 1. The average molecular weight is 279 g/mol. The molecule has 0 spiro atoms. The van der Waals surface area contributed by atoms with Crippen LogP contribution in [0.25, 0.3) is 0 Å². The van der Waals surface area contributed by atoms with E-state index in [4.69, 9.17) is 16.7 Å². The monoisotopic (exact) mass is 277 g/mol. The highest BCUT2D eigenvalue weighted by atomic mass is 79.9. The largest absolute Gasteiger partial charge is 0.478 e.